The summed E-state index contributed by atoms with van der Waals surface area (Å²) in [6.07, 6.45) is 4.62. The van der Waals surface area contributed by atoms with E-state index in [2.05, 4.69) is 25.6 Å². The number of benzene rings is 1. The van der Waals surface area contributed by atoms with Gasteiger partial charge in [0.25, 0.3) is 5.91 Å². The molecule has 0 atom stereocenters. The normalized spacial score (nSPS) is 14.5. The number of halogens is 3. The van der Waals surface area contributed by atoms with Gasteiger partial charge in [0.15, 0.2) is 16.6 Å². The van der Waals surface area contributed by atoms with Crippen molar-refractivity contribution in [3.63, 3.8) is 0 Å². The van der Waals surface area contributed by atoms with Crippen molar-refractivity contribution < 1.29 is 27.5 Å². The SMILES string of the molecule is Cc1ccnc(Nc2ncc(Sc3ccnc(C(=O)NCC4(c5ccc(F)cc5F)CCN(C(=O)OC(C)(C)C)CC4)c3F)s2)c1. The summed E-state index contributed by atoms with van der Waals surface area (Å²) in [6.45, 7) is 7.58. The van der Waals surface area contributed by atoms with Gasteiger partial charge in [-0.05, 0) is 75.9 Å². The van der Waals surface area contributed by atoms with Crippen molar-refractivity contribution in [3.8, 4) is 0 Å². The van der Waals surface area contributed by atoms with Crippen molar-refractivity contribution in [2.45, 2.75) is 60.7 Å². The molecule has 14 heteroatoms. The average molecular weight is 671 g/mol. The maximum atomic E-state index is 15.6. The van der Waals surface area contributed by atoms with Crippen molar-refractivity contribution in [3.05, 3.63) is 89.3 Å². The van der Waals surface area contributed by atoms with Crippen LogP contribution in [0.2, 0.25) is 0 Å². The van der Waals surface area contributed by atoms with Crippen LogP contribution in [0.5, 0.6) is 0 Å². The number of carbonyl (C=O) groups excluding carboxylic acids is 2. The molecular formula is C32H33F3N6O3S2. The predicted octanol–water partition coefficient (Wildman–Crippen LogP) is 7.25. The van der Waals surface area contributed by atoms with Gasteiger partial charge in [0.05, 0.1) is 15.3 Å². The van der Waals surface area contributed by atoms with E-state index in [4.69, 9.17) is 4.74 Å². The topological polar surface area (TPSA) is 109 Å². The molecule has 1 aliphatic heterocycles. The molecule has 1 aliphatic rings. The fraction of sp³-hybridized carbons (Fsp3) is 0.344. The number of aryl methyl sites for hydroxylation is 1. The molecule has 1 saturated heterocycles. The molecule has 4 aromatic rings. The van der Waals surface area contributed by atoms with Crippen LogP contribution in [-0.2, 0) is 10.2 Å². The van der Waals surface area contributed by atoms with Crippen LogP contribution in [-0.4, -0.2) is 57.1 Å². The summed E-state index contributed by atoms with van der Waals surface area (Å²) in [6, 6.07) is 8.52. The molecule has 242 valence electrons. The summed E-state index contributed by atoms with van der Waals surface area (Å²) >= 11 is 2.40. The largest absolute Gasteiger partial charge is 0.444 e. The third kappa shape index (κ3) is 7.97. The van der Waals surface area contributed by atoms with E-state index in [1.165, 1.54) is 34.6 Å². The summed E-state index contributed by atoms with van der Waals surface area (Å²) < 4.78 is 50.7. The second-order valence-electron chi connectivity index (χ2n) is 12.0. The van der Waals surface area contributed by atoms with Gasteiger partial charge in [-0.15, -0.1) is 0 Å². The summed E-state index contributed by atoms with van der Waals surface area (Å²) in [5.41, 5.74) is -0.866. The van der Waals surface area contributed by atoms with Crippen molar-refractivity contribution in [2.75, 3.05) is 25.0 Å². The van der Waals surface area contributed by atoms with Gasteiger partial charge >= 0.3 is 6.09 Å². The number of anilines is 2. The van der Waals surface area contributed by atoms with Gasteiger partial charge in [0, 0.05) is 43.5 Å². The van der Waals surface area contributed by atoms with Crippen LogP contribution in [0.25, 0.3) is 0 Å². The smallest absolute Gasteiger partial charge is 0.410 e. The fourth-order valence-electron chi connectivity index (χ4n) is 5.09. The number of ether oxygens (including phenoxy) is 1. The van der Waals surface area contributed by atoms with Crippen molar-refractivity contribution in [1.29, 1.82) is 0 Å². The zero-order valence-electron chi connectivity index (χ0n) is 25.7. The van der Waals surface area contributed by atoms with Gasteiger partial charge < -0.3 is 20.3 Å². The second-order valence-corrected chi connectivity index (χ2v) is 14.3. The Morgan fingerprint density at radius 3 is 2.48 bits per heavy atom. The van der Waals surface area contributed by atoms with E-state index in [0.29, 0.717) is 15.2 Å². The van der Waals surface area contributed by atoms with E-state index in [0.717, 1.165) is 29.5 Å². The van der Waals surface area contributed by atoms with Crippen LogP contribution in [0.15, 0.2) is 64.1 Å². The molecule has 1 aromatic carbocycles. The zero-order chi connectivity index (χ0) is 33.1. The molecule has 0 radical (unpaired) electrons. The number of nitrogens with zero attached hydrogens (tertiary/aromatic N) is 4. The second kappa shape index (κ2) is 13.7. The minimum Gasteiger partial charge on any atom is -0.444 e. The molecule has 0 unspecified atom stereocenters. The molecule has 0 spiro atoms. The summed E-state index contributed by atoms with van der Waals surface area (Å²) in [4.78, 5) is 40.2. The monoisotopic (exact) mass is 670 g/mol. The fourth-order valence-corrected chi connectivity index (χ4v) is 6.95. The average Bonchev–Trinajstić information content (AvgIpc) is 3.43. The van der Waals surface area contributed by atoms with Gasteiger partial charge in [0.2, 0.25) is 0 Å². The minimum absolute atomic E-state index is 0.0914. The van der Waals surface area contributed by atoms with Crippen molar-refractivity contribution in [2.24, 2.45) is 0 Å². The Bertz CT molecular complexity index is 1740. The highest BCUT2D eigenvalue weighted by molar-refractivity contribution is 8.01. The Morgan fingerprint density at radius 1 is 1.04 bits per heavy atom. The van der Waals surface area contributed by atoms with E-state index in [9.17, 15) is 14.0 Å². The lowest BCUT2D eigenvalue weighted by Crippen LogP contribution is -2.51. The number of amides is 2. The van der Waals surface area contributed by atoms with Gasteiger partial charge in [0.1, 0.15) is 23.1 Å². The molecule has 1 fully saturated rings. The number of carbonyl (C=O) groups is 2. The number of pyridine rings is 2. The molecule has 0 saturated carbocycles. The first-order valence-corrected chi connectivity index (χ1v) is 16.1. The van der Waals surface area contributed by atoms with E-state index in [-0.39, 0.29) is 42.9 Å². The number of piperidine rings is 1. The Kier molecular flexibility index (Phi) is 9.87. The van der Waals surface area contributed by atoms with Crippen LogP contribution in [0.1, 0.15) is 55.2 Å². The van der Waals surface area contributed by atoms with E-state index in [1.807, 2.05) is 19.1 Å². The number of likely N-dealkylation sites (tertiary alicyclic amines) is 1. The predicted molar refractivity (Wildman–Crippen MR) is 170 cm³/mol. The van der Waals surface area contributed by atoms with E-state index in [1.54, 1.807) is 33.2 Å². The lowest BCUT2D eigenvalue weighted by molar-refractivity contribution is 0.0160. The van der Waals surface area contributed by atoms with Crippen molar-refractivity contribution >= 4 is 46.0 Å². The van der Waals surface area contributed by atoms with Crippen LogP contribution in [0.3, 0.4) is 0 Å². The summed E-state index contributed by atoms with van der Waals surface area (Å²) in [5, 5.41) is 6.42. The Hall–Kier alpha value is -4.17. The number of aromatic nitrogens is 3. The number of hydrogen-bond acceptors (Lipinski definition) is 9. The third-order valence-corrected chi connectivity index (χ3v) is 9.43. The zero-order valence-corrected chi connectivity index (χ0v) is 27.3. The Morgan fingerprint density at radius 2 is 1.78 bits per heavy atom. The number of hydrogen-bond donors (Lipinski definition) is 2. The van der Waals surface area contributed by atoms with Gasteiger partial charge in [-0.1, -0.05) is 29.2 Å². The molecule has 4 heterocycles. The van der Waals surface area contributed by atoms with Crippen molar-refractivity contribution in [1.82, 2.24) is 25.2 Å². The summed E-state index contributed by atoms with van der Waals surface area (Å²) in [7, 11) is 0. The Balaban J connectivity index is 1.30. The molecule has 0 aliphatic carbocycles. The first-order chi connectivity index (χ1) is 21.8. The van der Waals surface area contributed by atoms with E-state index < -0.39 is 46.2 Å². The molecule has 5 rings (SSSR count). The lowest BCUT2D eigenvalue weighted by atomic mass is 9.72. The lowest BCUT2D eigenvalue weighted by Gasteiger charge is -2.42. The third-order valence-electron chi connectivity index (χ3n) is 7.38. The highest BCUT2D eigenvalue weighted by atomic mass is 32.2. The quantitative estimate of drug-likeness (QED) is 0.202. The number of nitrogens with one attached hydrogen (secondary N) is 2. The molecule has 2 N–H and O–H groups in total. The highest BCUT2D eigenvalue weighted by Crippen LogP contribution is 2.38. The molecular weight excluding hydrogens is 638 g/mol. The van der Waals surface area contributed by atoms with Crippen LogP contribution in [0, 0.1) is 24.4 Å². The van der Waals surface area contributed by atoms with Crippen LogP contribution < -0.4 is 10.6 Å². The molecule has 2 amide bonds. The maximum absolute atomic E-state index is 15.6. The van der Waals surface area contributed by atoms with Gasteiger partial charge in [-0.2, -0.15) is 0 Å². The molecule has 46 heavy (non-hydrogen) atoms. The van der Waals surface area contributed by atoms with Crippen LogP contribution >= 0.6 is 23.1 Å². The molecule has 0 bridgehead atoms. The maximum Gasteiger partial charge on any atom is 0.410 e. The molecule has 3 aromatic heterocycles. The number of thiazole rings is 1. The first-order valence-electron chi connectivity index (χ1n) is 14.5. The summed E-state index contributed by atoms with van der Waals surface area (Å²) in [5.74, 6) is -2.46. The standard InChI is InChI=1S/C32H33F3N6O3S2/c1-19-7-11-36-24(15-19)40-29-38-17-25(46-29)45-23-8-12-37-27(26(23)35)28(42)39-18-32(21-6-5-20(33)16-22(21)34)9-13-41(14-10-32)30(43)44-31(2,3)4/h5-8,11-12,15-17H,9-10,13-14,18H2,1-4H3,(H,39,42)(H,36,38,40). The van der Waals surface area contributed by atoms with Gasteiger partial charge in [-0.25, -0.2) is 32.9 Å². The van der Waals surface area contributed by atoms with Gasteiger partial charge in [-0.3, -0.25) is 4.79 Å². The van der Waals surface area contributed by atoms with E-state index >= 15 is 8.78 Å². The van der Waals surface area contributed by atoms with Crippen LogP contribution in [0.4, 0.5) is 28.9 Å². The Labute approximate surface area is 273 Å². The number of rotatable bonds is 8. The minimum atomic E-state index is -0.993. The highest BCUT2D eigenvalue weighted by Gasteiger charge is 2.41. The first kappa shape index (κ1) is 33.2. The molecule has 9 nitrogen and oxygen atoms in total.